The van der Waals surface area contributed by atoms with Crippen molar-refractivity contribution in [2.45, 2.75) is 58.4 Å². The molecule has 0 spiro atoms. The fourth-order valence-electron chi connectivity index (χ4n) is 4.26. The van der Waals surface area contributed by atoms with Gasteiger partial charge in [-0.05, 0) is 62.9 Å². The fraction of sp³-hybridized carbons (Fsp3) is 1.00. The van der Waals surface area contributed by atoms with Gasteiger partial charge in [-0.25, -0.2) is 0 Å². The van der Waals surface area contributed by atoms with Crippen molar-refractivity contribution in [3.05, 3.63) is 0 Å². The van der Waals surface area contributed by atoms with Crippen LogP contribution in [0.1, 0.15) is 52.4 Å². The molecule has 2 aliphatic rings. The highest BCUT2D eigenvalue weighted by Crippen LogP contribution is 2.32. The number of rotatable bonds is 6. The van der Waals surface area contributed by atoms with E-state index in [1.165, 1.54) is 51.6 Å². The summed E-state index contributed by atoms with van der Waals surface area (Å²) in [5, 5.41) is 13.1. The van der Waals surface area contributed by atoms with Gasteiger partial charge in [0.25, 0.3) is 0 Å². The first-order valence-corrected chi connectivity index (χ1v) is 8.83. The van der Waals surface area contributed by atoms with Crippen molar-refractivity contribution in [1.82, 2.24) is 10.2 Å². The Labute approximate surface area is 125 Å². The van der Waals surface area contributed by atoms with Gasteiger partial charge in [0.2, 0.25) is 0 Å². The Kier molecular flexibility index (Phi) is 6.79. The molecule has 1 aliphatic carbocycles. The van der Waals surface area contributed by atoms with Gasteiger partial charge < -0.3 is 15.3 Å². The highest BCUT2D eigenvalue weighted by Gasteiger charge is 2.31. The van der Waals surface area contributed by atoms with Crippen LogP contribution >= 0.6 is 0 Å². The number of aliphatic hydroxyl groups is 1. The number of aliphatic hydroxyl groups excluding tert-OH is 1. The number of likely N-dealkylation sites (tertiary alicyclic amines) is 1. The maximum absolute atomic E-state index is 9.39. The number of nitrogens with zero attached hydrogens (tertiary/aromatic N) is 1. The van der Waals surface area contributed by atoms with E-state index in [1.54, 1.807) is 0 Å². The van der Waals surface area contributed by atoms with Gasteiger partial charge in [0.15, 0.2) is 0 Å². The van der Waals surface area contributed by atoms with Crippen LogP contribution in [0.2, 0.25) is 0 Å². The number of piperidine rings is 1. The van der Waals surface area contributed by atoms with E-state index in [1.807, 2.05) is 0 Å². The van der Waals surface area contributed by atoms with Gasteiger partial charge in [0.1, 0.15) is 0 Å². The summed E-state index contributed by atoms with van der Waals surface area (Å²) in [5.74, 6) is 2.27. The van der Waals surface area contributed by atoms with Crippen LogP contribution in [0.5, 0.6) is 0 Å². The molecular formula is C17H34N2O. The third-order valence-electron chi connectivity index (χ3n) is 5.49. The van der Waals surface area contributed by atoms with Gasteiger partial charge in [-0.1, -0.05) is 20.3 Å². The largest absolute Gasteiger partial charge is 0.396 e. The molecule has 1 aliphatic heterocycles. The van der Waals surface area contributed by atoms with E-state index in [4.69, 9.17) is 0 Å². The topological polar surface area (TPSA) is 35.5 Å². The molecule has 0 radical (unpaired) electrons. The molecule has 0 aromatic carbocycles. The third kappa shape index (κ3) is 4.44. The molecular weight excluding hydrogens is 248 g/mol. The van der Waals surface area contributed by atoms with Crippen LogP contribution in [-0.2, 0) is 0 Å². The van der Waals surface area contributed by atoms with E-state index < -0.39 is 0 Å². The second-order valence-corrected chi connectivity index (χ2v) is 6.96. The first-order chi connectivity index (χ1) is 9.76. The predicted octanol–water partition coefficient (Wildman–Crippen LogP) is 2.50. The molecule has 4 atom stereocenters. The fourth-order valence-corrected chi connectivity index (χ4v) is 4.26. The Morgan fingerprint density at radius 3 is 2.70 bits per heavy atom. The maximum atomic E-state index is 9.39. The summed E-state index contributed by atoms with van der Waals surface area (Å²) in [6.07, 6.45) is 7.98. The lowest BCUT2D eigenvalue weighted by Gasteiger charge is -2.41. The summed E-state index contributed by atoms with van der Waals surface area (Å²) in [6.45, 7) is 9.63. The smallest absolute Gasteiger partial charge is 0.0471 e. The maximum Gasteiger partial charge on any atom is 0.0471 e. The van der Waals surface area contributed by atoms with Crippen LogP contribution in [0.4, 0.5) is 0 Å². The third-order valence-corrected chi connectivity index (χ3v) is 5.49. The van der Waals surface area contributed by atoms with E-state index in [2.05, 4.69) is 24.1 Å². The lowest BCUT2D eigenvalue weighted by molar-refractivity contribution is 0.0827. The monoisotopic (exact) mass is 282 g/mol. The average molecular weight is 282 g/mol. The summed E-state index contributed by atoms with van der Waals surface area (Å²) >= 11 is 0. The van der Waals surface area contributed by atoms with Crippen LogP contribution in [0, 0.1) is 17.8 Å². The average Bonchev–Trinajstić information content (AvgIpc) is 2.49. The minimum atomic E-state index is 0.370. The number of hydrogen-bond acceptors (Lipinski definition) is 3. The van der Waals surface area contributed by atoms with E-state index in [9.17, 15) is 5.11 Å². The molecule has 3 heteroatoms. The Morgan fingerprint density at radius 1 is 1.15 bits per heavy atom. The Balaban J connectivity index is 1.88. The second kappa shape index (κ2) is 8.35. The molecule has 2 fully saturated rings. The van der Waals surface area contributed by atoms with E-state index >= 15 is 0 Å². The molecule has 0 aromatic heterocycles. The van der Waals surface area contributed by atoms with E-state index in [0.29, 0.717) is 12.5 Å². The van der Waals surface area contributed by atoms with Gasteiger partial charge >= 0.3 is 0 Å². The normalized spacial score (nSPS) is 36.1. The minimum Gasteiger partial charge on any atom is -0.396 e. The molecule has 0 aromatic rings. The van der Waals surface area contributed by atoms with Gasteiger partial charge in [-0.3, -0.25) is 0 Å². The standard InChI is InChI=1S/C17H34N2O/c1-3-14-7-8-17(18-4-2)16(10-14)12-19-9-5-6-15(11-19)13-20/h14-18,20H,3-13H2,1-2H3. The Morgan fingerprint density at radius 2 is 2.00 bits per heavy atom. The molecule has 20 heavy (non-hydrogen) atoms. The SMILES string of the molecule is CCNC1CCC(CC)CC1CN1CCCC(CO)C1. The molecule has 118 valence electrons. The van der Waals surface area contributed by atoms with Gasteiger partial charge in [-0.15, -0.1) is 0 Å². The summed E-state index contributed by atoms with van der Waals surface area (Å²) in [5.41, 5.74) is 0. The van der Waals surface area contributed by atoms with Crippen LogP contribution < -0.4 is 5.32 Å². The van der Waals surface area contributed by atoms with Crippen molar-refractivity contribution in [3.8, 4) is 0 Å². The molecule has 2 rings (SSSR count). The lowest BCUT2D eigenvalue weighted by Crippen LogP contribution is -2.48. The zero-order valence-electron chi connectivity index (χ0n) is 13.5. The van der Waals surface area contributed by atoms with Gasteiger partial charge in [0, 0.05) is 25.7 Å². The van der Waals surface area contributed by atoms with Gasteiger partial charge in [-0.2, -0.15) is 0 Å². The summed E-state index contributed by atoms with van der Waals surface area (Å²) < 4.78 is 0. The van der Waals surface area contributed by atoms with Crippen molar-refractivity contribution in [1.29, 1.82) is 0 Å². The van der Waals surface area contributed by atoms with Gasteiger partial charge in [0.05, 0.1) is 0 Å². The Hall–Kier alpha value is -0.120. The van der Waals surface area contributed by atoms with Crippen molar-refractivity contribution in [2.24, 2.45) is 17.8 Å². The predicted molar refractivity (Wildman–Crippen MR) is 84.8 cm³/mol. The highest BCUT2D eigenvalue weighted by atomic mass is 16.3. The summed E-state index contributed by atoms with van der Waals surface area (Å²) in [6, 6.07) is 0.720. The molecule has 1 saturated heterocycles. The quantitative estimate of drug-likeness (QED) is 0.786. The van der Waals surface area contributed by atoms with Crippen molar-refractivity contribution >= 4 is 0 Å². The number of nitrogens with one attached hydrogen (secondary N) is 1. The molecule has 1 heterocycles. The summed E-state index contributed by atoms with van der Waals surface area (Å²) in [7, 11) is 0. The lowest BCUT2D eigenvalue weighted by atomic mass is 9.76. The highest BCUT2D eigenvalue weighted by molar-refractivity contribution is 4.87. The molecule has 2 N–H and O–H groups in total. The molecule has 4 unspecified atom stereocenters. The van der Waals surface area contributed by atoms with E-state index in [0.717, 1.165) is 31.0 Å². The van der Waals surface area contributed by atoms with Crippen LogP contribution in [0.15, 0.2) is 0 Å². The first kappa shape index (κ1) is 16.3. The second-order valence-electron chi connectivity index (χ2n) is 6.96. The molecule has 0 bridgehead atoms. The zero-order chi connectivity index (χ0) is 14.4. The molecule has 3 nitrogen and oxygen atoms in total. The molecule has 0 amide bonds. The van der Waals surface area contributed by atoms with Crippen LogP contribution in [0.3, 0.4) is 0 Å². The van der Waals surface area contributed by atoms with Crippen molar-refractivity contribution in [3.63, 3.8) is 0 Å². The summed E-state index contributed by atoms with van der Waals surface area (Å²) in [4.78, 5) is 2.62. The zero-order valence-corrected chi connectivity index (χ0v) is 13.5. The van der Waals surface area contributed by atoms with Crippen LogP contribution in [-0.4, -0.2) is 48.8 Å². The molecule has 1 saturated carbocycles. The van der Waals surface area contributed by atoms with Crippen molar-refractivity contribution in [2.75, 3.05) is 32.8 Å². The first-order valence-electron chi connectivity index (χ1n) is 8.83. The Bertz CT molecular complexity index is 272. The van der Waals surface area contributed by atoms with Crippen molar-refractivity contribution < 1.29 is 5.11 Å². The van der Waals surface area contributed by atoms with Crippen LogP contribution in [0.25, 0.3) is 0 Å². The number of hydrogen-bond donors (Lipinski definition) is 2. The van der Waals surface area contributed by atoms with E-state index in [-0.39, 0.29) is 0 Å². The minimum absolute atomic E-state index is 0.370.